The van der Waals surface area contributed by atoms with Gasteiger partial charge in [-0.3, -0.25) is 0 Å². The second-order valence-electron chi connectivity index (χ2n) is 6.42. The average Bonchev–Trinajstić information content (AvgIpc) is 2.52. The molecule has 0 spiro atoms. The highest BCUT2D eigenvalue weighted by atomic mass is 16.5. The lowest BCUT2D eigenvalue weighted by atomic mass is 9.86. The number of anilines is 1. The van der Waals surface area contributed by atoms with E-state index in [9.17, 15) is 4.79 Å². The lowest BCUT2D eigenvalue weighted by molar-refractivity contribution is 0.251. The van der Waals surface area contributed by atoms with Crippen LogP contribution >= 0.6 is 0 Å². The highest BCUT2D eigenvalue weighted by Gasteiger charge is 2.18. The van der Waals surface area contributed by atoms with Crippen LogP contribution in [0.3, 0.4) is 0 Å². The fourth-order valence-corrected chi connectivity index (χ4v) is 2.44. The zero-order valence-corrected chi connectivity index (χ0v) is 14.1. The monoisotopic (exact) mass is 312 g/mol. The topological polar surface area (TPSA) is 50.4 Å². The molecule has 0 bridgehead atoms. The maximum absolute atomic E-state index is 12.2. The number of benzene rings is 2. The summed E-state index contributed by atoms with van der Waals surface area (Å²) in [6, 6.07) is 15.3. The number of urea groups is 1. The fourth-order valence-electron chi connectivity index (χ4n) is 2.44. The van der Waals surface area contributed by atoms with Crippen LogP contribution in [0.2, 0.25) is 0 Å². The molecule has 0 heterocycles. The first kappa shape index (κ1) is 16.9. The number of para-hydroxylation sites is 2. The number of carbonyl (C=O) groups excluding carboxylic acids is 1. The summed E-state index contributed by atoms with van der Waals surface area (Å²) < 4.78 is 5.29. The Kier molecular flexibility index (Phi) is 5.27. The number of hydrogen-bond acceptors (Lipinski definition) is 2. The molecule has 122 valence electrons. The molecule has 4 nitrogen and oxygen atoms in total. The van der Waals surface area contributed by atoms with Crippen molar-refractivity contribution in [2.75, 3.05) is 12.4 Å². The lowest BCUT2D eigenvalue weighted by Gasteiger charge is -2.23. The molecule has 2 N–H and O–H groups in total. The molecule has 23 heavy (non-hydrogen) atoms. The van der Waals surface area contributed by atoms with E-state index in [0.29, 0.717) is 6.54 Å². The third-order valence-corrected chi connectivity index (χ3v) is 3.62. The van der Waals surface area contributed by atoms with E-state index in [2.05, 4.69) is 31.4 Å². The van der Waals surface area contributed by atoms with Crippen LogP contribution in [0.1, 0.15) is 31.9 Å². The third kappa shape index (κ3) is 4.49. The van der Waals surface area contributed by atoms with Gasteiger partial charge in [0.1, 0.15) is 5.75 Å². The summed E-state index contributed by atoms with van der Waals surface area (Å²) in [5.74, 6) is 0.767. The molecule has 0 saturated heterocycles. The first-order valence-corrected chi connectivity index (χ1v) is 7.68. The van der Waals surface area contributed by atoms with Crippen LogP contribution in [-0.4, -0.2) is 13.1 Å². The molecule has 2 amide bonds. The normalized spacial score (nSPS) is 11.0. The van der Waals surface area contributed by atoms with E-state index < -0.39 is 0 Å². The van der Waals surface area contributed by atoms with Crippen molar-refractivity contribution >= 4 is 11.7 Å². The summed E-state index contributed by atoms with van der Waals surface area (Å²) in [5.41, 5.74) is 2.84. The van der Waals surface area contributed by atoms with Gasteiger partial charge in [-0.1, -0.05) is 57.2 Å². The molecule has 0 aromatic heterocycles. The van der Waals surface area contributed by atoms with Crippen molar-refractivity contribution in [3.05, 3.63) is 59.7 Å². The van der Waals surface area contributed by atoms with Crippen LogP contribution in [-0.2, 0) is 12.0 Å². The van der Waals surface area contributed by atoms with Crippen LogP contribution in [0.4, 0.5) is 10.5 Å². The number of hydrogen-bond donors (Lipinski definition) is 2. The Morgan fingerprint density at radius 2 is 1.70 bits per heavy atom. The number of methoxy groups -OCH3 is 1. The Morgan fingerprint density at radius 1 is 1.04 bits per heavy atom. The quantitative estimate of drug-likeness (QED) is 0.883. The minimum absolute atomic E-state index is 0.0352. The zero-order chi connectivity index (χ0) is 16.9. The molecule has 4 heteroatoms. The molecule has 0 radical (unpaired) electrons. The van der Waals surface area contributed by atoms with Crippen molar-refractivity contribution in [2.24, 2.45) is 0 Å². The van der Waals surface area contributed by atoms with E-state index in [4.69, 9.17) is 4.74 Å². The molecule has 2 aromatic carbocycles. The largest absolute Gasteiger partial charge is 0.496 e. The van der Waals surface area contributed by atoms with Gasteiger partial charge in [-0.15, -0.1) is 0 Å². The summed E-state index contributed by atoms with van der Waals surface area (Å²) in [6.07, 6.45) is 0. The van der Waals surface area contributed by atoms with E-state index in [1.807, 2.05) is 48.5 Å². The van der Waals surface area contributed by atoms with Gasteiger partial charge in [-0.25, -0.2) is 4.79 Å². The van der Waals surface area contributed by atoms with Crippen LogP contribution in [0.5, 0.6) is 5.75 Å². The van der Waals surface area contributed by atoms with Gasteiger partial charge in [0.25, 0.3) is 0 Å². The molecular weight excluding hydrogens is 288 g/mol. The number of amides is 2. The smallest absolute Gasteiger partial charge is 0.319 e. The molecule has 2 rings (SSSR count). The zero-order valence-electron chi connectivity index (χ0n) is 14.1. The summed E-state index contributed by atoms with van der Waals surface area (Å²) in [5, 5.41) is 5.80. The van der Waals surface area contributed by atoms with Crippen molar-refractivity contribution in [2.45, 2.75) is 32.7 Å². The van der Waals surface area contributed by atoms with Gasteiger partial charge in [0, 0.05) is 17.8 Å². The minimum atomic E-state index is -0.229. The molecule has 0 aliphatic heterocycles. The van der Waals surface area contributed by atoms with Gasteiger partial charge in [0.15, 0.2) is 0 Å². The van der Waals surface area contributed by atoms with Gasteiger partial charge >= 0.3 is 6.03 Å². The standard InChI is InChI=1S/C19H24N2O2/c1-19(2,3)15-10-6-7-11-16(15)21-18(22)20-13-14-9-5-8-12-17(14)23-4/h5-12H,13H2,1-4H3,(H2,20,21,22). The number of rotatable bonds is 4. The van der Waals surface area contributed by atoms with E-state index in [-0.39, 0.29) is 11.4 Å². The first-order valence-electron chi connectivity index (χ1n) is 7.68. The van der Waals surface area contributed by atoms with Crippen molar-refractivity contribution in [1.82, 2.24) is 5.32 Å². The van der Waals surface area contributed by atoms with Crippen LogP contribution in [0, 0.1) is 0 Å². The predicted octanol–water partition coefficient (Wildman–Crippen LogP) is 4.31. The van der Waals surface area contributed by atoms with Gasteiger partial charge in [0.05, 0.1) is 7.11 Å². The molecule has 0 aliphatic carbocycles. The molecule has 0 atom stereocenters. The number of nitrogens with one attached hydrogen (secondary N) is 2. The van der Waals surface area contributed by atoms with Crippen LogP contribution in [0.15, 0.2) is 48.5 Å². The lowest BCUT2D eigenvalue weighted by Crippen LogP contribution is -2.29. The SMILES string of the molecule is COc1ccccc1CNC(=O)Nc1ccccc1C(C)(C)C. The van der Waals surface area contributed by atoms with Crippen LogP contribution in [0.25, 0.3) is 0 Å². The Labute approximate surface area is 137 Å². The summed E-state index contributed by atoms with van der Waals surface area (Å²) in [7, 11) is 1.62. The summed E-state index contributed by atoms with van der Waals surface area (Å²) in [4.78, 5) is 12.2. The Morgan fingerprint density at radius 3 is 2.39 bits per heavy atom. The molecule has 0 unspecified atom stereocenters. The fraction of sp³-hybridized carbons (Fsp3) is 0.316. The highest BCUT2D eigenvalue weighted by Crippen LogP contribution is 2.29. The van der Waals surface area contributed by atoms with Crippen molar-refractivity contribution < 1.29 is 9.53 Å². The van der Waals surface area contributed by atoms with E-state index in [1.54, 1.807) is 7.11 Å². The summed E-state index contributed by atoms with van der Waals surface area (Å²) >= 11 is 0. The van der Waals surface area contributed by atoms with Crippen molar-refractivity contribution in [3.63, 3.8) is 0 Å². The van der Waals surface area contributed by atoms with E-state index >= 15 is 0 Å². The minimum Gasteiger partial charge on any atom is -0.496 e. The van der Waals surface area contributed by atoms with Gasteiger partial charge < -0.3 is 15.4 Å². The maximum Gasteiger partial charge on any atom is 0.319 e. The molecule has 0 fully saturated rings. The Balaban J connectivity index is 2.04. The molecule has 0 saturated carbocycles. The predicted molar refractivity (Wildman–Crippen MR) is 94.0 cm³/mol. The summed E-state index contributed by atoms with van der Waals surface area (Å²) in [6.45, 7) is 6.79. The van der Waals surface area contributed by atoms with Crippen molar-refractivity contribution in [3.8, 4) is 5.75 Å². The second-order valence-corrected chi connectivity index (χ2v) is 6.42. The maximum atomic E-state index is 12.2. The van der Waals surface area contributed by atoms with Gasteiger partial charge in [-0.05, 0) is 23.1 Å². The van der Waals surface area contributed by atoms with Gasteiger partial charge in [0.2, 0.25) is 0 Å². The first-order chi connectivity index (χ1) is 10.9. The van der Waals surface area contributed by atoms with E-state index in [0.717, 1.165) is 22.6 Å². The van der Waals surface area contributed by atoms with E-state index in [1.165, 1.54) is 0 Å². The highest BCUT2D eigenvalue weighted by molar-refractivity contribution is 5.90. The number of ether oxygens (including phenoxy) is 1. The van der Waals surface area contributed by atoms with Crippen LogP contribution < -0.4 is 15.4 Å². The number of carbonyl (C=O) groups is 1. The van der Waals surface area contributed by atoms with Crippen molar-refractivity contribution in [1.29, 1.82) is 0 Å². The molecular formula is C19H24N2O2. The Hall–Kier alpha value is -2.49. The second kappa shape index (κ2) is 7.18. The average molecular weight is 312 g/mol. The van der Waals surface area contributed by atoms with Gasteiger partial charge in [-0.2, -0.15) is 0 Å². The molecule has 2 aromatic rings. The Bertz CT molecular complexity index is 675. The molecule has 0 aliphatic rings. The third-order valence-electron chi connectivity index (χ3n) is 3.62.